The molecular formula is C25H19ClN6O2. The van der Waals surface area contributed by atoms with Crippen LogP contribution < -0.4 is 15.0 Å². The number of H-pyrrole nitrogens is 1. The van der Waals surface area contributed by atoms with Crippen molar-refractivity contribution in [2.75, 3.05) is 10.2 Å². The number of amides is 1. The van der Waals surface area contributed by atoms with E-state index in [1.807, 2.05) is 30.3 Å². The lowest BCUT2D eigenvalue weighted by Crippen LogP contribution is -2.58. The summed E-state index contributed by atoms with van der Waals surface area (Å²) in [6.07, 6.45) is 6.51. The summed E-state index contributed by atoms with van der Waals surface area (Å²) >= 11 is 6.47. The number of benzene rings is 2. The summed E-state index contributed by atoms with van der Waals surface area (Å²) in [5.74, 6) is 0.295. The first-order chi connectivity index (χ1) is 16.6. The third kappa shape index (κ3) is 3.17. The molecule has 34 heavy (non-hydrogen) atoms. The highest BCUT2D eigenvalue weighted by molar-refractivity contribution is 6.34. The van der Waals surface area contributed by atoms with E-state index >= 15 is 0 Å². The first-order valence-electron chi connectivity index (χ1n) is 11.0. The van der Waals surface area contributed by atoms with Gasteiger partial charge in [-0.2, -0.15) is 10.2 Å². The predicted octanol–water partition coefficient (Wildman–Crippen LogP) is 5.54. The summed E-state index contributed by atoms with van der Waals surface area (Å²) < 4.78 is 6.45. The minimum Gasteiger partial charge on any atom is -0.450 e. The number of hydrogen-bond donors (Lipinski definition) is 2. The van der Waals surface area contributed by atoms with Crippen molar-refractivity contribution in [2.45, 2.75) is 31.4 Å². The van der Waals surface area contributed by atoms with Crippen LogP contribution in [0.3, 0.4) is 0 Å². The lowest BCUT2D eigenvalue weighted by atomic mass is 10.0. The van der Waals surface area contributed by atoms with Crippen molar-refractivity contribution in [1.82, 2.24) is 15.0 Å². The molecule has 2 N–H and O–H groups in total. The first kappa shape index (κ1) is 20.5. The van der Waals surface area contributed by atoms with Crippen molar-refractivity contribution in [2.24, 2.45) is 0 Å². The average molecular weight is 471 g/mol. The van der Waals surface area contributed by atoms with Gasteiger partial charge in [0.25, 0.3) is 5.91 Å². The Kier molecular flexibility index (Phi) is 4.67. The fourth-order valence-corrected chi connectivity index (χ4v) is 5.08. The highest BCUT2D eigenvalue weighted by Gasteiger charge is 2.51. The van der Waals surface area contributed by atoms with Crippen LogP contribution in [-0.4, -0.2) is 26.6 Å². The average Bonchev–Trinajstić information content (AvgIpc) is 3.49. The number of carbonyl (C=O) groups is 1. The van der Waals surface area contributed by atoms with Crippen LogP contribution in [0.4, 0.5) is 17.3 Å². The second kappa shape index (κ2) is 7.75. The molecule has 2 aromatic carbocycles. The molecule has 1 saturated carbocycles. The minimum absolute atomic E-state index is 0.233. The van der Waals surface area contributed by atoms with Gasteiger partial charge in [0.1, 0.15) is 11.6 Å². The van der Waals surface area contributed by atoms with Crippen molar-refractivity contribution in [3.8, 4) is 11.9 Å². The van der Waals surface area contributed by atoms with Crippen LogP contribution in [0, 0.1) is 11.3 Å². The molecule has 1 amide bonds. The second-order valence-electron chi connectivity index (χ2n) is 8.46. The van der Waals surface area contributed by atoms with Gasteiger partial charge >= 0.3 is 0 Å². The first-order valence-corrected chi connectivity index (χ1v) is 11.4. The number of ether oxygens (including phenoxy) is 1. The zero-order valence-electron chi connectivity index (χ0n) is 18.0. The van der Waals surface area contributed by atoms with Crippen LogP contribution in [0.1, 0.15) is 41.6 Å². The van der Waals surface area contributed by atoms with E-state index in [1.54, 1.807) is 23.2 Å². The number of fused-ring (bicyclic) bond motifs is 2. The minimum atomic E-state index is -0.835. The van der Waals surface area contributed by atoms with Gasteiger partial charge < -0.3 is 15.0 Å². The van der Waals surface area contributed by atoms with Crippen molar-refractivity contribution in [3.05, 3.63) is 71.0 Å². The number of nitriles is 1. The van der Waals surface area contributed by atoms with E-state index in [9.17, 15) is 10.1 Å². The molecule has 0 saturated heterocycles. The zero-order valence-corrected chi connectivity index (χ0v) is 18.8. The second-order valence-corrected chi connectivity index (χ2v) is 8.87. The van der Waals surface area contributed by atoms with Crippen LogP contribution >= 0.6 is 11.6 Å². The quantitative estimate of drug-likeness (QED) is 0.407. The molecule has 1 spiro atoms. The van der Waals surface area contributed by atoms with Gasteiger partial charge in [-0.15, -0.1) is 0 Å². The molecule has 9 heteroatoms. The molecule has 0 unspecified atom stereocenters. The summed E-state index contributed by atoms with van der Waals surface area (Å²) in [4.78, 5) is 27.3. The molecule has 6 rings (SSSR count). The molecule has 0 atom stereocenters. The molecule has 8 nitrogen and oxygen atoms in total. The Labute approximate surface area is 200 Å². The van der Waals surface area contributed by atoms with Crippen LogP contribution in [0.5, 0.6) is 5.88 Å². The monoisotopic (exact) mass is 470 g/mol. The summed E-state index contributed by atoms with van der Waals surface area (Å²) in [6.45, 7) is 0. The summed E-state index contributed by atoms with van der Waals surface area (Å²) in [5.41, 5.74) is 2.01. The van der Waals surface area contributed by atoms with Gasteiger partial charge in [-0.05, 0) is 43.2 Å². The number of para-hydroxylation sites is 1. The van der Waals surface area contributed by atoms with E-state index in [0.29, 0.717) is 34.8 Å². The van der Waals surface area contributed by atoms with Crippen molar-refractivity contribution < 1.29 is 9.53 Å². The molecule has 3 heterocycles. The Hall–Kier alpha value is -4.09. The lowest BCUT2D eigenvalue weighted by Gasteiger charge is -2.44. The topological polar surface area (TPSA) is 107 Å². The zero-order chi connectivity index (χ0) is 23.3. The molecule has 2 aromatic heterocycles. The van der Waals surface area contributed by atoms with E-state index in [4.69, 9.17) is 16.3 Å². The fraction of sp³-hybridized carbons (Fsp3) is 0.200. The molecule has 0 bridgehead atoms. The number of aromatic nitrogens is 3. The maximum absolute atomic E-state index is 13.6. The SMILES string of the molecule is N#Cc1cc(Nc2ncc3c(n2)OC2(CCCC2)N(c2ccccc2Cl)C3=O)cc2cc[nH]c12. The maximum atomic E-state index is 13.6. The number of hydrogen-bond acceptors (Lipinski definition) is 6. The third-order valence-electron chi connectivity index (χ3n) is 6.40. The van der Waals surface area contributed by atoms with E-state index in [1.165, 1.54) is 6.20 Å². The molecule has 1 aliphatic heterocycles. The van der Waals surface area contributed by atoms with Crippen LogP contribution in [-0.2, 0) is 0 Å². The van der Waals surface area contributed by atoms with Crippen LogP contribution in [0.25, 0.3) is 10.9 Å². The molecule has 2 aliphatic rings. The number of aromatic amines is 1. The van der Waals surface area contributed by atoms with Gasteiger partial charge in [0.2, 0.25) is 11.8 Å². The molecule has 4 aromatic rings. The standard InChI is InChI=1S/C25H19ClN6O2/c26-19-5-1-2-6-20(19)32-23(33)18-14-29-24(31-22(18)34-25(32)8-3-4-9-25)30-17-11-15-7-10-28-21(15)16(12-17)13-27/h1-2,5-7,10-12,14,28H,3-4,8-9H2,(H,29,30,31). The van der Waals surface area contributed by atoms with Gasteiger partial charge in [-0.1, -0.05) is 23.7 Å². The number of nitrogens with one attached hydrogen (secondary N) is 2. The van der Waals surface area contributed by atoms with Gasteiger partial charge in [-0.25, -0.2) is 4.98 Å². The molecule has 0 radical (unpaired) electrons. The molecule has 168 valence electrons. The van der Waals surface area contributed by atoms with Crippen LogP contribution in [0.2, 0.25) is 5.02 Å². The van der Waals surface area contributed by atoms with Crippen LogP contribution in [0.15, 0.2) is 54.9 Å². The summed E-state index contributed by atoms with van der Waals surface area (Å²) in [7, 11) is 0. The highest BCUT2D eigenvalue weighted by atomic mass is 35.5. The Morgan fingerprint density at radius 1 is 1.21 bits per heavy atom. The van der Waals surface area contributed by atoms with Gasteiger partial charge in [0.05, 0.1) is 21.8 Å². The number of nitrogens with zero attached hydrogens (tertiary/aromatic N) is 4. The largest absolute Gasteiger partial charge is 0.450 e. The molecule has 1 aliphatic carbocycles. The summed E-state index contributed by atoms with van der Waals surface area (Å²) in [5, 5.41) is 14.0. The van der Waals surface area contributed by atoms with Crippen molar-refractivity contribution >= 4 is 45.7 Å². The van der Waals surface area contributed by atoms with Gasteiger partial charge in [-0.3, -0.25) is 9.69 Å². The number of rotatable bonds is 3. The van der Waals surface area contributed by atoms with Crippen molar-refractivity contribution in [1.29, 1.82) is 5.26 Å². The third-order valence-corrected chi connectivity index (χ3v) is 6.72. The highest BCUT2D eigenvalue weighted by Crippen LogP contribution is 2.46. The lowest BCUT2D eigenvalue weighted by molar-refractivity contribution is 0.0433. The number of anilines is 3. The molecule has 1 fully saturated rings. The number of carbonyl (C=O) groups excluding carboxylic acids is 1. The predicted molar refractivity (Wildman–Crippen MR) is 128 cm³/mol. The van der Waals surface area contributed by atoms with E-state index < -0.39 is 5.72 Å². The van der Waals surface area contributed by atoms with E-state index in [-0.39, 0.29) is 23.3 Å². The van der Waals surface area contributed by atoms with E-state index in [0.717, 1.165) is 23.7 Å². The fourth-order valence-electron chi connectivity index (χ4n) is 4.86. The van der Waals surface area contributed by atoms with Gasteiger partial charge in [0.15, 0.2) is 5.72 Å². The summed E-state index contributed by atoms with van der Waals surface area (Å²) in [6, 6.07) is 15.0. The Balaban J connectivity index is 1.39. The normalized spacial score (nSPS) is 16.4. The Bertz CT molecular complexity index is 1480. The van der Waals surface area contributed by atoms with E-state index in [2.05, 4.69) is 26.3 Å². The maximum Gasteiger partial charge on any atom is 0.268 e. The Morgan fingerprint density at radius 2 is 2.03 bits per heavy atom. The van der Waals surface area contributed by atoms with Crippen molar-refractivity contribution in [3.63, 3.8) is 0 Å². The smallest absolute Gasteiger partial charge is 0.268 e. The number of halogens is 1. The van der Waals surface area contributed by atoms with Gasteiger partial charge in [0, 0.05) is 36.3 Å². The molecular weight excluding hydrogens is 452 g/mol. The Morgan fingerprint density at radius 3 is 2.82 bits per heavy atom.